The molecule has 2 aliphatic carbocycles. The molecule has 188 valence electrons. The van der Waals surface area contributed by atoms with E-state index in [-0.39, 0.29) is 23.9 Å². The quantitative estimate of drug-likeness (QED) is 0.307. The number of Topliss-reactive ketones (excluding diaryl/α,β-unsaturated/α-hetero) is 2. The molecule has 2 saturated carbocycles. The van der Waals surface area contributed by atoms with Crippen LogP contribution in [0.3, 0.4) is 0 Å². The van der Waals surface area contributed by atoms with Crippen molar-refractivity contribution in [3.05, 3.63) is 71.8 Å². The first-order chi connectivity index (χ1) is 17.2. The van der Waals surface area contributed by atoms with Gasteiger partial charge in [0.2, 0.25) is 0 Å². The molecule has 0 heterocycles. The molecule has 2 heteroatoms. The molecular formula is C33H44O2. The minimum atomic E-state index is 0.0740. The predicted octanol–water partition coefficient (Wildman–Crippen LogP) is 8.54. The van der Waals surface area contributed by atoms with Crippen LogP contribution in [0.25, 0.3) is 0 Å². The molecule has 2 atom stereocenters. The Bertz CT molecular complexity index is 869. The summed E-state index contributed by atoms with van der Waals surface area (Å²) in [6.45, 7) is 2.27. The normalized spacial score (nSPS) is 24.9. The molecule has 0 aromatic heterocycles. The summed E-state index contributed by atoms with van der Waals surface area (Å²) < 4.78 is 0. The fourth-order valence-corrected chi connectivity index (χ4v) is 7.02. The lowest BCUT2D eigenvalue weighted by atomic mass is 9.70. The molecule has 0 spiro atoms. The Balaban J connectivity index is 1.28. The highest BCUT2D eigenvalue weighted by Crippen LogP contribution is 2.42. The summed E-state index contributed by atoms with van der Waals surface area (Å²) in [5, 5.41) is 0. The number of carbonyl (C=O) groups is 2. The van der Waals surface area contributed by atoms with Gasteiger partial charge in [0.1, 0.15) is 11.6 Å². The molecule has 0 radical (unpaired) electrons. The van der Waals surface area contributed by atoms with Gasteiger partial charge in [-0.3, -0.25) is 9.59 Å². The van der Waals surface area contributed by atoms with Crippen LogP contribution in [-0.2, 0) is 9.59 Å². The van der Waals surface area contributed by atoms with Crippen molar-refractivity contribution in [1.82, 2.24) is 0 Å². The minimum absolute atomic E-state index is 0.0740. The van der Waals surface area contributed by atoms with Crippen molar-refractivity contribution in [2.75, 3.05) is 0 Å². The van der Waals surface area contributed by atoms with Crippen molar-refractivity contribution in [2.24, 2.45) is 23.7 Å². The Morgan fingerprint density at radius 2 is 1.29 bits per heavy atom. The standard InChI is InChI=1S/C33H44O2/c1-2-11-25-12-9-10-13-26(25)22-23-31(34)24-32(35)27-18-20-30(21-19-27)33(28-14-5-3-6-15-28)29-16-7-4-8-17-29/h3-8,14-17,25-27,30,33H,2,9-13,18-24H2,1H3. The maximum atomic E-state index is 13.0. The van der Waals surface area contributed by atoms with E-state index in [9.17, 15) is 9.59 Å². The SMILES string of the molecule is CCCC1CCCCC1CCC(=O)CC(=O)C1CCC(C(c2ccccc2)c2ccccc2)CC1. The van der Waals surface area contributed by atoms with E-state index in [0.29, 0.717) is 24.2 Å². The van der Waals surface area contributed by atoms with E-state index < -0.39 is 0 Å². The van der Waals surface area contributed by atoms with E-state index in [4.69, 9.17) is 0 Å². The molecule has 0 N–H and O–H groups in total. The number of benzene rings is 2. The molecule has 0 bridgehead atoms. The van der Waals surface area contributed by atoms with E-state index >= 15 is 0 Å². The van der Waals surface area contributed by atoms with Crippen LogP contribution >= 0.6 is 0 Å². The lowest BCUT2D eigenvalue weighted by Gasteiger charge is -2.34. The number of hydrogen-bond acceptors (Lipinski definition) is 2. The number of rotatable bonds is 11. The lowest BCUT2D eigenvalue weighted by Crippen LogP contribution is -2.27. The highest BCUT2D eigenvalue weighted by Gasteiger charge is 2.33. The van der Waals surface area contributed by atoms with Gasteiger partial charge in [-0.2, -0.15) is 0 Å². The lowest BCUT2D eigenvalue weighted by molar-refractivity contribution is -0.130. The summed E-state index contributed by atoms with van der Waals surface area (Å²) in [7, 11) is 0. The Labute approximate surface area is 212 Å². The van der Waals surface area contributed by atoms with Crippen LogP contribution in [0.1, 0.15) is 107 Å². The fourth-order valence-electron chi connectivity index (χ4n) is 7.02. The van der Waals surface area contributed by atoms with Gasteiger partial charge in [-0.25, -0.2) is 0 Å². The van der Waals surface area contributed by atoms with Crippen molar-refractivity contribution < 1.29 is 9.59 Å². The largest absolute Gasteiger partial charge is 0.299 e. The molecule has 0 amide bonds. The molecule has 2 aromatic rings. The maximum Gasteiger partial charge on any atom is 0.143 e. The topological polar surface area (TPSA) is 34.1 Å². The van der Waals surface area contributed by atoms with Crippen molar-refractivity contribution in [3.63, 3.8) is 0 Å². The summed E-state index contributed by atoms with van der Waals surface area (Å²) in [4.78, 5) is 25.7. The molecule has 2 aromatic carbocycles. The predicted molar refractivity (Wildman–Crippen MR) is 144 cm³/mol. The van der Waals surface area contributed by atoms with Gasteiger partial charge in [-0.05, 0) is 61.0 Å². The molecular weight excluding hydrogens is 428 g/mol. The average Bonchev–Trinajstić information content (AvgIpc) is 2.90. The van der Waals surface area contributed by atoms with E-state index in [1.807, 2.05) is 0 Å². The van der Waals surface area contributed by atoms with Crippen molar-refractivity contribution in [2.45, 2.75) is 96.3 Å². The first-order valence-electron chi connectivity index (χ1n) is 14.3. The van der Waals surface area contributed by atoms with Crippen LogP contribution in [0.5, 0.6) is 0 Å². The van der Waals surface area contributed by atoms with E-state index in [2.05, 4.69) is 67.6 Å². The summed E-state index contributed by atoms with van der Waals surface area (Å²) >= 11 is 0. The molecule has 2 unspecified atom stereocenters. The monoisotopic (exact) mass is 472 g/mol. The molecule has 0 saturated heterocycles. The Kier molecular flexibility index (Phi) is 9.74. The van der Waals surface area contributed by atoms with E-state index in [0.717, 1.165) is 38.0 Å². The molecule has 2 nitrogen and oxygen atoms in total. The third-order valence-electron chi connectivity index (χ3n) is 8.91. The summed E-state index contributed by atoms with van der Waals surface area (Å²) in [6.07, 6.45) is 13.6. The van der Waals surface area contributed by atoms with Gasteiger partial charge >= 0.3 is 0 Å². The third-order valence-corrected chi connectivity index (χ3v) is 8.91. The highest BCUT2D eigenvalue weighted by atomic mass is 16.1. The summed E-state index contributed by atoms with van der Waals surface area (Å²) in [5.74, 6) is 2.89. The first-order valence-corrected chi connectivity index (χ1v) is 14.3. The van der Waals surface area contributed by atoms with Gasteiger partial charge in [-0.15, -0.1) is 0 Å². The highest BCUT2D eigenvalue weighted by molar-refractivity contribution is 6.00. The maximum absolute atomic E-state index is 13.0. The van der Waals surface area contributed by atoms with Gasteiger partial charge in [0, 0.05) is 18.3 Å². The van der Waals surface area contributed by atoms with Gasteiger partial charge in [0.15, 0.2) is 0 Å². The fraction of sp³-hybridized carbons (Fsp3) is 0.576. The smallest absolute Gasteiger partial charge is 0.143 e. The second kappa shape index (κ2) is 13.2. The molecule has 2 fully saturated rings. The van der Waals surface area contributed by atoms with Gasteiger partial charge in [0.25, 0.3) is 0 Å². The van der Waals surface area contributed by atoms with E-state index in [1.54, 1.807) is 0 Å². The van der Waals surface area contributed by atoms with Crippen LogP contribution in [-0.4, -0.2) is 11.6 Å². The van der Waals surface area contributed by atoms with Crippen molar-refractivity contribution in [1.29, 1.82) is 0 Å². The Morgan fingerprint density at radius 1 is 0.743 bits per heavy atom. The number of ketones is 2. The number of carbonyl (C=O) groups excluding carboxylic acids is 2. The zero-order chi connectivity index (χ0) is 24.5. The minimum Gasteiger partial charge on any atom is -0.299 e. The van der Waals surface area contributed by atoms with Crippen LogP contribution in [0.4, 0.5) is 0 Å². The van der Waals surface area contributed by atoms with E-state index in [1.165, 1.54) is 49.7 Å². The molecule has 2 aliphatic rings. The van der Waals surface area contributed by atoms with Crippen molar-refractivity contribution >= 4 is 11.6 Å². The number of hydrogen-bond donors (Lipinski definition) is 0. The van der Waals surface area contributed by atoms with Crippen LogP contribution < -0.4 is 0 Å². The second-order valence-electron chi connectivity index (χ2n) is 11.2. The zero-order valence-corrected chi connectivity index (χ0v) is 21.7. The molecule has 35 heavy (non-hydrogen) atoms. The van der Waals surface area contributed by atoms with Crippen LogP contribution in [0.2, 0.25) is 0 Å². The van der Waals surface area contributed by atoms with Gasteiger partial charge in [-0.1, -0.05) is 106 Å². The van der Waals surface area contributed by atoms with Gasteiger partial charge < -0.3 is 0 Å². The second-order valence-corrected chi connectivity index (χ2v) is 11.2. The summed E-state index contributed by atoms with van der Waals surface area (Å²) in [5.41, 5.74) is 2.74. The Morgan fingerprint density at radius 3 is 1.83 bits per heavy atom. The third kappa shape index (κ3) is 7.15. The average molecular weight is 473 g/mol. The zero-order valence-electron chi connectivity index (χ0n) is 21.7. The van der Waals surface area contributed by atoms with Crippen LogP contribution in [0, 0.1) is 23.7 Å². The summed E-state index contributed by atoms with van der Waals surface area (Å²) in [6, 6.07) is 21.6. The molecule has 0 aliphatic heterocycles. The van der Waals surface area contributed by atoms with Gasteiger partial charge in [0.05, 0.1) is 6.42 Å². The van der Waals surface area contributed by atoms with Crippen LogP contribution in [0.15, 0.2) is 60.7 Å². The van der Waals surface area contributed by atoms with Crippen molar-refractivity contribution in [3.8, 4) is 0 Å². The molecule has 4 rings (SSSR count). The first kappa shape index (κ1) is 25.9. The Hall–Kier alpha value is -2.22.